The van der Waals surface area contributed by atoms with Crippen molar-refractivity contribution in [1.82, 2.24) is 0 Å². The van der Waals surface area contributed by atoms with E-state index in [2.05, 4.69) is 0 Å². The summed E-state index contributed by atoms with van der Waals surface area (Å²) < 4.78 is 28.0. The molecule has 0 spiro atoms. The molecule has 2 aromatic carbocycles. The van der Waals surface area contributed by atoms with Gasteiger partial charge in [-0.1, -0.05) is 35.9 Å². The fourth-order valence-corrected chi connectivity index (χ4v) is 2.49. The summed E-state index contributed by atoms with van der Waals surface area (Å²) in [4.78, 5) is 0. The van der Waals surface area contributed by atoms with Crippen molar-refractivity contribution in [2.24, 2.45) is 5.73 Å². The van der Waals surface area contributed by atoms with Crippen LogP contribution in [0.4, 0.5) is 8.78 Å². The number of aryl methyl sites for hydroxylation is 3. The fourth-order valence-electron chi connectivity index (χ4n) is 2.49. The quantitative estimate of drug-likeness (QED) is 0.877. The van der Waals surface area contributed by atoms with Gasteiger partial charge in [-0.3, -0.25) is 0 Å². The predicted octanol–water partition coefficient (Wildman–Crippen LogP) is 4.11. The third kappa shape index (κ3) is 2.34. The van der Waals surface area contributed by atoms with Gasteiger partial charge in [0.15, 0.2) is 11.6 Å². The van der Waals surface area contributed by atoms with Crippen LogP contribution in [-0.4, -0.2) is 0 Å². The summed E-state index contributed by atoms with van der Waals surface area (Å²) in [6, 6.07) is 8.96. The van der Waals surface area contributed by atoms with Crippen molar-refractivity contribution >= 4 is 0 Å². The normalized spacial score (nSPS) is 14.2. The maximum absolute atomic E-state index is 14.2. The lowest BCUT2D eigenvalue weighted by Gasteiger charge is -2.29. The topological polar surface area (TPSA) is 26.0 Å². The van der Waals surface area contributed by atoms with Crippen molar-refractivity contribution < 1.29 is 8.78 Å². The molecule has 1 atom stereocenters. The standard InChI is InChI=1S/C17H19F2N/c1-10-5-6-11(2)14(9-10)17(4,20)13-8-7-12(3)15(18)16(13)19/h5-9H,20H2,1-4H3. The van der Waals surface area contributed by atoms with Crippen molar-refractivity contribution in [3.05, 3.63) is 69.8 Å². The first kappa shape index (κ1) is 14.7. The van der Waals surface area contributed by atoms with E-state index in [9.17, 15) is 8.78 Å². The SMILES string of the molecule is Cc1ccc(C)c(C(C)(N)c2ccc(C)c(F)c2F)c1. The molecule has 20 heavy (non-hydrogen) atoms. The minimum Gasteiger partial charge on any atom is -0.318 e. The molecular weight excluding hydrogens is 256 g/mol. The monoisotopic (exact) mass is 275 g/mol. The van der Waals surface area contributed by atoms with Crippen LogP contribution in [0.25, 0.3) is 0 Å². The van der Waals surface area contributed by atoms with E-state index in [0.717, 1.165) is 16.7 Å². The molecule has 0 fully saturated rings. The lowest BCUT2D eigenvalue weighted by Crippen LogP contribution is -2.36. The van der Waals surface area contributed by atoms with Gasteiger partial charge < -0.3 is 5.73 Å². The summed E-state index contributed by atoms with van der Waals surface area (Å²) >= 11 is 0. The van der Waals surface area contributed by atoms with E-state index in [1.807, 2.05) is 32.0 Å². The summed E-state index contributed by atoms with van der Waals surface area (Å²) in [7, 11) is 0. The van der Waals surface area contributed by atoms with Gasteiger partial charge in [-0.15, -0.1) is 0 Å². The van der Waals surface area contributed by atoms with Crippen LogP contribution >= 0.6 is 0 Å². The molecule has 0 radical (unpaired) electrons. The molecule has 3 heteroatoms. The van der Waals surface area contributed by atoms with Crippen molar-refractivity contribution in [3.63, 3.8) is 0 Å². The van der Waals surface area contributed by atoms with Gasteiger partial charge in [0.05, 0.1) is 5.54 Å². The Labute approximate surface area is 118 Å². The number of hydrogen-bond donors (Lipinski definition) is 1. The molecule has 1 nitrogen and oxygen atoms in total. The van der Waals surface area contributed by atoms with Gasteiger partial charge in [-0.2, -0.15) is 0 Å². The lowest BCUT2D eigenvalue weighted by molar-refractivity contribution is 0.464. The molecule has 0 bridgehead atoms. The largest absolute Gasteiger partial charge is 0.318 e. The second-order valence-electron chi connectivity index (χ2n) is 5.58. The second kappa shape index (κ2) is 4.98. The van der Waals surface area contributed by atoms with Crippen molar-refractivity contribution in [3.8, 4) is 0 Å². The molecule has 0 amide bonds. The van der Waals surface area contributed by atoms with Crippen LogP contribution < -0.4 is 5.73 Å². The van der Waals surface area contributed by atoms with Gasteiger partial charge in [0.25, 0.3) is 0 Å². The average molecular weight is 275 g/mol. The summed E-state index contributed by atoms with van der Waals surface area (Å²) in [6.07, 6.45) is 0. The van der Waals surface area contributed by atoms with Gasteiger partial charge in [0, 0.05) is 5.56 Å². The second-order valence-corrected chi connectivity index (χ2v) is 5.58. The maximum atomic E-state index is 14.2. The average Bonchev–Trinajstić information content (AvgIpc) is 2.38. The Morgan fingerprint density at radius 3 is 2.10 bits per heavy atom. The Morgan fingerprint density at radius 2 is 1.45 bits per heavy atom. The zero-order chi connectivity index (χ0) is 15.1. The van der Waals surface area contributed by atoms with Gasteiger partial charge >= 0.3 is 0 Å². The molecule has 0 saturated carbocycles. The summed E-state index contributed by atoms with van der Waals surface area (Å²) in [5.41, 5.74) is 8.53. The minimum atomic E-state index is -1.07. The third-order valence-corrected chi connectivity index (χ3v) is 3.79. The molecular formula is C17H19F2N. The Bertz CT molecular complexity index is 660. The smallest absolute Gasteiger partial charge is 0.164 e. The zero-order valence-electron chi connectivity index (χ0n) is 12.2. The zero-order valence-corrected chi connectivity index (χ0v) is 12.2. The van der Waals surface area contributed by atoms with Crippen molar-refractivity contribution in [1.29, 1.82) is 0 Å². The van der Waals surface area contributed by atoms with Crippen LogP contribution in [-0.2, 0) is 5.54 Å². The molecule has 2 N–H and O–H groups in total. The van der Waals surface area contributed by atoms with Crippen LogP contribution in [0.3, 0.4) is 0 Å². The first-order chi connectivity index (χ1) is 9.25. The van der Waals surface area contributed by atoms with Crippen LogP contribution in [0.1, 0.15) is 34.7 Å². The van der Waals surface area contributed by atoms with Crippen LogP contribution in [0.2, 0.25) is 0 Å². The highest BCUT2D eigenvalue weighted by atomic mass is 19.2. The molecule has 106 valence electrons. The molecule has 0 heterocycles. The summed E-state index contributed by atoms with van der Waals surface area (Å²) in [5.74, 6) is -1.69. The number of halogens is 2. The molecule has 0 aliphatic heterocycles. The lowest BCUT2D eigenvalue weighted by atomic mass is 9.82. The Morgan fingerprint density at radius 1 is 0.850 bits per heavy atom. The van der Waals surface area contributed by atoms with Crippen LogP contribution in [0, 0.1) is 32.4 Å². The van der Waals surface area contributed by atoms with E-state index in [-0.39, 0.29) is 11.1 Å². The van der Waals surface area contributed by atoms with Crippen LogP contribution in [0.15, 0.2) is 30.3 Å². The van der Waals surface area contributed by atoms with Gasteiger partial charge in [0.1, 0.15) is 0 Å². The Balaban J connectivity index is 2.66. The first-order valence-electron chi connectivity index (χ1n) is 6.57. The van der Waals surface area contributed by atoms with E-state index >= 15 is 0 Å². The number of rotatable bonds is 2. The third-order valence-electron chi connectivity index (χ3n) is 3.79. The highest BCUT2D eigenvalue weighted by Gasteiger charge is 2.30. The van der Waals surface area contributed by atoms with Crippen molar-refractivity contribution in [2.75, 3.05) is 0 Å². The summed E-state index contributed by atoms with van der Waals surface area (Å²) in [5, 5.41) is 0. The minimum absolute atomic E-state index is 0.175. The van der Waals surface area contributed by atoms with E-state index < -0.39 is 17.2 Å². The van der Waals surface area contributed by atoms with Gasteiger partial charge in [-0.25, -0.2) is 8.78 Å². The number of nitrogens with two attached hydrogens (primary N) is 1. The molecule has 0 aliphatic rings. The molecule has 2 aromatic rings. The molecule has 0 aliphatic carbocycles. The first-order valence-corrected chi connectivity index (χ1v) is 6.57. The van der Waals surface area contributed by atoms with Crippen LogP contribution in [0.5, 0.6) is 0 Å². The van der Waals surface area contributed by atoms with Gasteiger partial charge in [-0.05, 0) is 44.4 Å². The molecule has 0 aromatic heterocycles. The van der Waals surface area contributed by atoms with E-state index in [0.29, 0.717) is 0 Å². The predicted molar refractivity (Wildman–Crippen MR) is 77.7 cm³/mol. The highest BCUT2D eigenvalue weighted by molar-refractivity contribution is 5.44. The Hall–Kier alpha value is -1.74. The maximum Gasteiger partial charge on any atom is 0.164 e. The van der Waals surface area contributed by atoms with E-state index in [1.54, 1.807) is 19.1 Å². The van der Waals surface area contributed by atoms with Crippen molar-refractivity contribution in [2.45, 2.75) is 33.2 Å². The van der Waals surface area contributed by atoms with Gasteiger partial charge in [0.2, 0.25) is 0 Å². The Kier molecular flexibility index (Phi) is 3.65. The highest BCUT2D eigenvalue weighted by Crippen LogP contribution is 2.32. The van der Waals surface area contributed by atoms with E-state index in [4.69, 9.17) is 5.73 Å². The number of hydrogen-bond acceptors (Lipinski definition) is 1. The fraction of sp³-hybridized carbons (Fsp3) is 0.294. The molecule has 1 unspecified atom stereocenters. The molecule has 2 rings (SSSR count). The number of benzene rings is 2. The van der Waals surface area contributed by atoms with E-state index in [1.165, 1.54) is 6.92 Å². The molecule has 0 saturated heterocycles. The summed E-state index contributed by atoms with van der Waals surface area (Å²) in [6.45, 7) is 7.11.